The molecule has 0 amide bonds. The second-order valence-electron chi connectivity index (χ2n) is 2.42. The lowest BCUT2D eigenvalue weighted by atomic mass is 10.2. The Morgan fingerprint density at radius 1 is 1.25 bits per heavy atom. The summed E-state index contributed by atoms with van der Waals surface area (Å²) in [6, 6.07) is 7.23. The molecule has 0 aliphatic carbocycles. The zero-order valence-electron chi connectivity index (χ0n) is 6.40. The normalized spacial score (nSPS) is 10.0. The van der Waals surface area contributed by atoms with Crippen molar-refractivity contribution in [3.05, 3.63) is 36.7 Å². The van der Waals surface area contributed by atoms with Gasteiger partial charge in [0.2, 0.25) is 0 Å². The van der Waals surface area contributed by atoms with Gasteiger partial charge in [-0.2, -0.15) is 0 Å². The van der Waals surface area contributed by atoms with E-state index in [4.69, 9.17) is 10.2 Å². The molecular weight excluding hydrogens is 152 g/mol. The highest BCUT2D eigenvalue weighted by molar-refractivity contribution is 5.67. The van der Waals surface area contributed by atoms with E-state index < -0.39 is 0 Å². The Balaban J connectivity index is 2.55. The number of nitrogen functional groups attached to an aromatic ring is 1. The van der Waals surface area contributed by atoms with Crippen LogP contribution in [0.2, 0.25) is 0 Å². The van der Waals surface area contributed by atoms with Gasteiger partial charge in [-0.1, -0.05) is 0 Å². The zero-order valence-corrected chi connectivity index (χ0v) is 6.40. The number of furan rings is 1. The number of rotatable bonds is 1. The molecule has 0 unspecified atom stereocenters. The summed E-state index contributed by atoms with van der Waals surface area (Å²) >= 11 is 0. The highest BCUT2D eigenvalue weighted by atomic mass is 16.3. The maximum Gasteiger partial charge on any atom is 0.154 e. The second-order valence-corrected chi connectivity index (χ2v) is 2.42. The molecule has 2 aromatic heterocycles. The van der Waals surface area contributed by atoms with Crippen molar-refractivity contribution < 1.29 is 4.42 Å². The summed E-state index contributed by atoms with van der Waals surface area (Å²) in [5.41, 5.74) is 7.02. The third-order valence-electron chi connectivity index (χ3n) is 1.59. The van der Waals surface area contributed by atoms with Gasteiger partial charge in [0.15, 0.2) is 5.76 Å². The van der Waals surface area contributed by atoms with Crippen LogP contribution in [0.3, 0.4) is 0 Å². The van der Waals surface area contributed by atoms with Crippen LogP contribution in [-0.4, -0.2) is 4.98 Å². The van der Waals surface area contributed by atoms with E-state index in [1.54, 1.807) is 24.6 Å². The smallest absolute Gasteiger partial charge is 0.154 e. The van der Waals surface area contributed by atoms with Gasteiger partial charge in [-0.3, -0.25) is 4.98 Å². The minimum Gasteiger partial charge on any atom is -0.463 e. The van der Waals surface area contributed by atoms with Gasteiger partial charge in [0.1, 0.15) is 5.69 Å². The first-order valence-electron chi connectivity index (χ1n) is 3.62. The molecule has 2 aromatic rings. The number of hydrogen-bond donors (Lipinski definition) is 1. The summed E-state index contributed by atoms with van der Waals surface area (Å²) in [7, 11) is 0. The van der Waals surface area contributed by atoms with Crippen LogP contribution < -0.4 is 5.73 Å². The molecule has 0 spiro atoms. The lowest BCUT2D eigenvalue weighted by Gasteiger charge is -1.98. The molecule has 0 aliphatic heterocycles. The minimum atomic E-state index is 0.632. The van der Waals surface area contributed by atoms with Gasteiger partial charge in [0.25, 0.3) is 0 Å². The Kier molecular flexibility index (Phi) is 1.55. The predicted molar refractivity (Wildman–Crippen MR) is 46.4 cm³/mol. The Morgan fingerprint density at radius 2 is 2.17 bits per heavy atom. The number of nitrogens with zero attached hydrogens (tertiary/aromatic N) is 1. The summed E-state index contributed by atoms with van der Waals surface area (Å²) in [4.78, 5) is 4.10. The Hall–Kier alpha value is -1.77. The monoisotopic (exact) mass is 160 g/mol. The molecule has 3 nitrogen and oxygen atoms in total. The van der Waals surface area contributed by atoms with Crippen LogP contribution in [0.25, 0.3) is 11.5 Å². The van der Waals surface area contributed by atoms with Crippen molar-refractivity contribution >= 4 is 5.69 Å². The number of hydrogen-bond acceptors (Lipinski definition) is 3. The Bertz CT molecular complexity index is 368. The van der Waals surface area contributed by atoms with E-state index in [1.165, 1.54) is 0 Å². The first-order chi connectivity index (χ1) is 5.88. The van der Waals surface area contributed by atoms with E-state index in [0.29, 0.717) is 17.1 Å². The predicted octanol–water partition coefficient (Wildman–Crippen LogP) is 1.92. The number of anilines is 1. The third-order valence-corrected chi connectivity index (χ3v) is 1.59. The molecule has 0 aromatic carbocycles. The molecule has 0 radical (unpaired) electrons. The standard InChI is InChI=1S/C9H8N2O/c10-7-3-1-5-11-9(7)8-4-2-6-12-8/h1-6H,10H2. The van der Waals surface area contributed by atoms with E-state index in [1.807, 2.05) is 12.1 Å². The Labute approximate surface area is 69.8 Å². The highest BCUT2D eigenvalue weighted by Crippen LogP contribution is 2.22. The molecule has 2 heterocycles. The molecule has 0 aliphatic rings. The van der Waals surface area contributed by atoms with Crippen LogP contribution in [0, 0.1) is 0 Å². The van der Waals surface area contributed by atoms with Crippen molar-refractivity contribution in [1.82, 2.24) is 4.98 Å². The minimum absolute atomic E-state index is 0.632. The molecule has 2 rings (SSSR count). The van der Waals surface area contributed by atoms with Crippen LogP contribution in [-0.2, 0) is 0 Å². The lowest BCUT2D eigenvalue weighted by Crippen LogP contribution is -1.90. The van der Waals surface area contributed by atoms with Crippen molar-refractivity contribution in [2.45, 2.75) is 0 Å². The van der Waals surface area contributed by atoms with Crippen molar-refractivity contribution in [3.63, 3.8) is 0 Å². The molecule has 0 fully saturated rings. The molecule has 0 bridgehead atoms. The van der Waals surface area contributed by atoms with Crippen LogP contribution >= 0.6 is 0 Å². The topological polar surface area (TPSA) is 52.0 Å². The largest absolute Gasteiger partial charge is 0.463 e. The van der Waals surface area contributed by atoms with Gasteiger partial charge in [-0.25, -0.2) is 0 Å². The average molecular weight is 160 g/mol. The van der Waals surface area contributed by atoms with Gasteiger partial charge in [0, 0.05) is 6.20 Å². The van der Waals surface area contributed by atoms with Gasteiger partial charge in [0.05, 0.1) is 12.0 Å². The van der Waals surface area contributed by atoms with Crippen molar-refractivity contribution in [2.75, 3.05) is 5.73 Å². The fourth-order valence-electron chi connectivity index (χ4n) is 1.04. The fourth-order valence-corrected chi connectivity index (χ4v) is 1.04. The summed E-state index contributed by atoms with van der Waals surface area (Å²) in [6.07, 6.45) is 3.29. The maximum absolute atomic E-state index is 5.69. The van der Waals surface area contributed by atoms with Gasteiger partial charge < -0.3 is 10.2 Å². The van der Waals surface area contributed by atoms with Crippen LogP contribution in [0.15, 0.2) is 41.1 Å². The lowest BCUT2D eigenvalue weighted by molar-refractivity contribution is 0.580. The van der Waals surface area contributed by atoms with E-state index in [2.05, 4.69) is 4.98 Å². The zero-order chi connectivity index (χ0) is 8.39. The van der Waals surface area contributed by atoms with Crippen molar-refractivity contribution in [1.29, 1.82) is 0 Å². The van der Waals surface area contributed by atoms with Crippen LogP contribution in [0.1, 0.15) is 0 Å². The average Bonchev–Trinajstić information content (AvgIpc) is 2.57. The number of pyridine rings is 1. The van der Waals surface area contributed by atoms with E-state index in [-0.39, 0.29) is 0 Å². The molecule has 0 saturated carbocycles. The Morgan fingerprint density at radius 3 is 2.83 bits per heavy atom. The first-order valence-corrected chi connectivity index (χ1v) is 3.62. The van der Waals surface area contributed by atoms with Crippen LogP contribution in [0.5, 0.6) is 0 Å². The summed E-state index contributed by atoms with van der Waals surface area (Å²) in [5, 5.41) is 0. The molecule has 0 atom stereocenters. The van der Waals surface area contributed by atoms with Crippen molar-refractivity contribution in [2.24, 2.45) is 0 Å². The van der Waals surface area contributed by atoms with Gasteiger partial charge >= 0.3 is 0 Å². The number of nitrogens with two attached hydrogens (primary N) is 1. The highest BCUT2D eigenvalue weighted by Gasteiger charge is 2.04. The van der Waals surface area contributed by atoms with E-state index in [9.17, 15) is 0 Å². The van der Waals surface area contributed by atoms with Crippen molar-refractivity contribution in [3.8, 4) is 11.5 Å². The molecule has 2 N–H and O–H groups in total. The molecule has 0 saturated heterocycles. The quantitative estimate of drug-likeness (QED) is 0.693. The van der Waals surface area contributed by atoms with E-state index >= 15 is 0 Å². The van der Waals surface area contributed by atoms with Crippen LogP contribution in [0.4, 0.5) is 5.69 Å². The first kappa shape index (κ1) is 6.91. The van der Waals surface area contributed by atoms with Gasteiger partial charge in [-0.15, -0.1) is 0 Å². The second kappa shape index (κ2) is 2.70. The van der Waals surface area contributed by atoms with Gasteiger partial charge in [-0.05, 0) is 24.3 Å². The summed E-state index contributed by atoms with van der Waals surface area (Å²) in [5.74, 6) is 0.702. The SMILES string of the molecule is Nc1cccnc1-c1ccco1. The summed E-state index contributed by atoms with van der Waals surface area (Å²) < 4.78 is 5.16. The summed E-state index contributed by atoms with van der Waals surface area (Å²) in [6.45, 7) is 0. The molecule has 3 heteroatoms. The molecular formula is C9H8N2O. The number of aromatic nitrogens is 1. The third kappa shape index (κ3) is 1.05. The molecule has 60 valence electrons. The maximum atomic E-state index is 5.69. The molecule has 12 heavy (non-hydrogen) atoms. The fraction of sp³-hybridized carbons (Fsp3) is 0. The van der Waals surface area contributed by atoms with E-state index in [0.717, 1.165) is 0 Å².